The van der Waals surface area contributed by atoms with Crippen molar-refractivity contribution in [1.29, 1.82) is 5.26 Å². The fourth-order valence-electron chi connectivity index (χ4n) is 2.23. The van der Waals surface area contributed by atoms with E-state index in [2.05, 4.69) is 5.32 Å². The van der Waals surface area contributed by atoms with Crippen LogP contribution in [0.1, 0.15) is 5.56 Å². The predicted octanol–water partition coefficient (Wildman–Crippen LogP) is 0.565. The van der Waals surface area contributed by atoms with Crippen molar-refractivity contribution in [2.45, 2.75) is 0 Å². The van der Waals surface area contributed by atoms with E-state index in [-0.39, 0.29) is 18.0 Å². The Morgan fingerprint density at radius 2 is 2.20 bits per heavy atom. The first-order valence-corrected chi connectivity index (χ1v) is 6.51. The van der Waals surface area contributed by atoms with Crippen LogP contribution in [0.2, 0.25) is 0 Å². The van der Waals surface area contributed by atoms with Gasteiger partial charge in [-0.25, -0.2) is 4.39 Å². The molecule has 0 aliphatic carbocycles. The minimum atomic E-state index is -0.452. The van der Waals surface area contributed by atoms with Gasteiger partial charge < -0.3 is 15.1 Å². The Hall–Kier alpha value is -2.13. The number of amides is 1. The van der Waals surface area contributed by atoms with Crippen LogP contribution in [0, 0.1) is 17.1 Å². The molecule has 1 N–H and O–H groups in total. The number of anilines is 1. The zero-order chi connectivity index (χ0) is 14.5. The SMILES string of the molecule is CN(CC(=O)N1CCNCC1)c1ccc(F)cc1C#N. The van der Waals surface area contributed by atoms with Crippen molar-refractivity contribution < 1.29 is 9.18 Å². The summed E-state index contributed by atoms with van der Waals surface area (Å²) in [6.45, 7) is 3.17. The van der Waals surface area contributed by atoms with Crippen LogP contribution in [0.25, 0.3) is 0 Å². The van der Waals surface area contributed by atoms with Crippen molar-refractivity contribution in [3.63, 3.8) is 0 Å². The maximum Gasteiger partial charge on any atom is 0.242 e. The third-order valence-corrected chi connectivity index (χ3v) is 3.33. The third-order valence-electron chi connectivity index (χ3n) is 3.33. The number of benzene rings is 1. The highest BCUT2D eigenvalue weighted by Gasteiger charge is 2.19. The lowest BCUT2D eigenvalue weighted by Gasteiger charge is -2.30. The summed E-state index contributed by atoms with van der Waals surface area (Å²) < 4.78 is 13.1. The van der Waals surface area contributed by atoms with Gasteiger partial charge in [0.2, 0.25) is 5.91 Å². The minimum Gasteiger partial charge on any atom is -0.364 e. The van der Waals surface area contributed by atoms with E-state index >= 15 is 0 Å². The van der Waals surface area contributed by atoms with E-state index in [1.54, 1.807) is 16.8 Å². The average Bonchev–Trinajstić information content (AvgIpc) is 2.47. The Kier molecular flexibility index (Phi) is 4.53. The summed E-state index contributed by atoms with van der Waals surface area (Å²) in [6.07, 6.45) is 0. The summed E-state index contributed by atoms with van der Waals surface area (Å²) in [4.78, 5) is 15.6. The molecule has 2 rings (SSSR count). The van der Waals surface area contributed by atoms with Crippen LogP contribution in [0.15, 0.2) is 18.2 Å². The molecule has 0 spiro atoms. The van der Waals surface area contributed by atoms with Gasteiger partial charge in [-0.2, -0.15) is 5.26 Å². The molecule has 1 fully saturated rings. The molecule has 0 unspecified atom stereocenters. The predicted molar refractivity (Wildman–Crippen MR) is 73.8 cm³/mol. The topological polar surface area (TPSA) is 59.4 Å². The molecule has 1 aliphatic rings. The van der Waals surface area contributed by atoms with Crippen LogP contribution >= 0.6 is 0 Å². The zero-order valence-electron chi connectivity index (χ0n) is 11.4. The maximum atomic E-state index is 13.1. The van der Waals surface area contributed by atoms with E-state index in [1.165, 1.54) is 18.2 Å². The largest absolute Gasteiger partial charge is 0.364 e. The Balaban J connectivity index is 2.06. The van der Waals surface area contributed by atoms with Crippen molar-refractivity contribution in [2.24, 2.45) is 0 Å². The van der Waals surface area contributed by atoms with Gasteiger partial charge in [0.25, 0.3) is 0 Å². The fraction of sp³-hybridized carbons (Fsp3) is 0.429. The highest BCUT2D eigenvalue weighted by atomic mass is 19.1. The van der Waals surface area contributed by atoms with E-state index in [4.69, 9.17) is 5.26 Å². The van der Waals surface area contributed by atoms with Crippen LogP contribution in [0.4, 0.5) is 10.1 Å². The lowest BCUT2D eigenvalue weighted by molar-refractivity contribution is -0.130. The summed E-state index contributed by atoms with van der Waals surface area (Å²) in [5.74, 6) is -0.436. The smallest absolute Gasteiger partial charge is 0.242 e. The first-order valence-electron chi connectivity index (χ1n) is 6.51. The molecule has 1 saturated heterocycles. The highest BCUT2D eigenvalue weighted by molar-refractivity contribution is 5.82. The Morgan fingerprint density at radius 3 is 2.85 bits per heavy atom. The molecule has 106 valence electrons. The number of hydrogen-bond acceptors (Lipinski definition) is 4. The molecule has 20 heavy (non-hydrogen) atoms. The van der Waals surface area contributed by atoms with Crippen LogP contribution in [-0.2, 0) is 4.79 Å². The fourth-order valence-corrected chi connectivity index (χ4v) is 2.23. The molecular weight excluding hydrogens is 259 g/mol. The summed E-state index contributed by atoms with van der Waals surface area (Å²) >= 11 is 0. The second-order valence-electron chi connectivity index (χ2n) is 4.76. The molecule has 1 amide bonds. The molecule has 1 aromatic rings. The summed E-state index contributed by atoms with van der Waals surface area (Å²) in [5.41, 5.74) is 0.804. The van der Waals surface area contributed by atoms with Crippen molar-refractivity contribution >= 4 is 11.6 Å². The molecule has 0 bridgehead atoms. The summed E-state index contributed by atoms with van der Waals surface area (Å²) in [6, 6.07) is 5.96. The van der Waals surface area contributed by atoms with Gasteiger partial charge in [0, 0.05) is 33.2 Å². The van der Waals surface area contributed by atoms with Gasteiger partial charge in [-0.3, -0.25) is 4.79 Å². The molecule has 1 aromatic carbocycles. The normalized spacial score (nSPS) is 14.8. The van der Waals surface area contributed by atoms with Gasteiger partial charge in [0.05, 0.1) is 17.8 Å². The zero-order valence-corrected chi connectivity index (χ0v) is 11.4. The highest BCUT2D eigenvalue weighted by Crippen LogP contribution is 2.19. The molecule has 1 heterocycles. The number of carbonyl (C=O) groups is 1. The number of carbonyl (C=O) groups excluding carboxylic acids is 1. The number of hydrogen-bond donors (Lipinski definition) is 1. The Labute approximate surface area is 117 Å². The van der Waals surface area contributed by atoms with Crippen LogP contribution in [0.3, 0.4) is 0 Å². The summed E-state index contributed by atoms with van der Waals surface area (Å²) in [5, 5.41) is 12.2. The van der Waals surface area contributed by atoms with Gasteiger partial charge in [-0.15, -0.1) is 0 Å². The summed E-state index contributed by atoms with van der Waals surface area (Å²) in [7, 11) is 1.73. The first-order chi connectivity index (χ1) is 9.61. The number of piperazine rings is 1. The van der Waals surface area contributed by atoms with Crippen LogP contribution in [0.5, 0.6) is 0 Å². The maximum absolute atomic E-state index is 13.1. The average molecular weight is 276 g/mol. The van der Waals surface area contributed by atoms with E-state index in [0.29, 0.717) is 18.8 Å². The number of nitrogens with one attached hydrogen (secondary N) is 1. The molecular formula is C14H17FN4O. The van der Waals surface area contributed by atoms with Gasteiger partial charge in [0.15, 0.2) is 0 Å². The van der Waals surface area contributed by atoms with E-state index < -0.39 is 5.82 Å². The molecule has 0 saturated carbocycles. The van der Waals surface area contributed by atoms with Crippen LogP contribution < -0.4 is 10.2 Å². The number of nitrogens with zero attached hydrogens (tertiary/aromatic N) is 3. The number of nitriles is 1. The van der Waals surface area contributed by atoms with Crippen LogP contribution in [-0.4, -0.2) is 50.6 Å². The second-order valence-corrected chi connectivity index (χ2v) is 4.76. The van der Waals surface area contributed by atoms with Gasteiger partial charge in [0.1, 0.15) is 11.9 Å². The lowest BCUT2D eigenvalue weighted by Crippen LogP contribution is -2.49. The molecule has 0 aromatic heterocycles. The second kappa shape index (κ2) is 6.35. The quantitative estimate of drug-likeness (QED) is 0.876. The van der Waals surface area contributed by atoms with E-state index in [9.17, 15) is 9.18 Å². The van der Waals surface area contributed by atoms with E-state index in [0.717, 1.165) is 13.1 Å². The lowest BCUT2D eigenvalue weighted by atomic mass is 10.1. The standard InChI is InChI=1S/C14H17FN4O/c1-18(10-14(20)19-6-4-17-5-7-19)13-3-2-12(15)8-11(13)9-16/h2-3,8,17H,4-7,10H2,1H3. The van der Waals surface area contributed by atoms with Gasteiger partial charge in [-0.05, 0) is 18.2 Å². The number of rotatable bonds is 3. The van der Waals surface area contributed by atoms with Crippen molar-refractivity contribution in [1.82, 2.24) is 10.2 Å². The van der Waals surface area contributed by atoms with Gasteiger partial charge in [-0.1, -0.05) is 0 Å². The van der Waals surface area contributed by atoms with E-state index in [1.807, 2.05) is 6.07 Å². The number of halogens is 1. The molecule has 0 atom stereocenters. The molecule has 0 radical (unpaired) electrons. The first kappa shape index (κ1) is 14.3. The van der Waals surface area contributed by atoms with Crippen molar-refractivity contribution in [3.05, 3.63) is 29.6 Å². The monoisotopic (exact) mass is 276 g/mol. The molecule has 6 heteroatoms. The Morgan fingerprint density at radius 1 is 1.50 bits per heavy atom. The number of likely N-dealkylation sites (N-methyl/N-ethyl adjacent to an activating group) is 1. The molecule has 5 nitrogen and oxygen atoms in total. The van der Waals surface area contributed by atoms with Gasteiger partial charge >= 0.3 is 0 Å². The Bertz CT molecular complexity index is 534. The third kappa shape index (κ3) is 3.25. The molecule has 1 aliphatic heterocycles. The minimum absolute atomic E-state index is 0.0159. The van der Waals surface area contributed by atoms with Crippen molar-refractivity contribution in [2.75, 3.05) is 44.7 Å². The van der Waals surface area contributed by atoms with Crippen molar-refractivity contribution in [3.8, 4) is 6.07 Å².